The summed E-state index contributed by atoms with van der Waals surface area (Å²) in [5.41, 5.74) is 2.68. The first-order valence-corrected chi connectivity index (χ1v) is 7.50. The topological polar surface area (TPSA) is 41.6 Å². The smallest absolute Gasteiger partial charge is 0.225 e. The molecule has 2 aliphatic rings. The molecule has 1 unspecified atom stereocenters. The Morgan fingerprint density at radius 3 is 3.00 bits per heavy atom. The zero-order valence-electron chi connectivity index (χ0n) is 11.8. The van der Waals surface area contributed by atoms with Crippen molar-refractivity contribution in [1.82, 2.24) is 10.2 Å². The number of ether oxygens (including phenoxy) is 1. The number of nitrogens with zero attached hydrogens (tertiary/aromatic N) is 1. The molecule has 0 bridgehead atoms. The Morgan fingerprint density at radius 2 is 2.20 bits per heavy atom. The lowest BCUT2D eigenvalue weighted by Crippen LogP contribution is -2.42. The van der Waals surface area contributed by atoms with Gasteiger partial charge in [-0.3, -0.25) is 4.79 Å². The molecule has 3 rings (SSSR count). The van der Waals surface area contributed by atoms with E-state index in [2.05, 4.69) is 29.6 Å². The van der Waals surface area contributed by atoms with E-state index in [9.17, 15) is 4.79 Å². The van der Waals surface area contributed by atoms with Gasteiger partial charge in [0, 0.05) is 26.2 Å². The van der Waals surface area contributed by atoms with Crippen LogP contribution in [0, 0.1) is 0 Å². The Hall–Kier alpha value is -1.39. The first-order chi connectivity index (χ1) is 9.83. The summed E-state index contributed by atoms with van der Waals surface area (Å²) in [4.78, 5) is 14.4. The average molecular weight is 274 g/mol. The highest BCUT2D eigenvalue weighted by atomic mass is 16.5. The first kappa shape index (κ1) is 13.6. The molecule has 1 aromatic rings. The molecule has 1 atom stereocenters. The van der Waals surface area contributed by atoms with E-state index in [1.54, 1.807) is 0 Å². The van der Waals surface area contributed by atoms with Crippen molar-refractivity contribution in [3.8, 4) is 0 Å². The van der Waals surface area contributed by atoms with Gasteiger partial charge in [-0.15, -0.1) is 0 Å². The van der Waals surface area contributed by atoms with Crippen LogP contribution in [0.3, 0.4) is 0 Å². The molecule has 2 aliphatic heterocycles. The number of carbonyl (C=O) groups is 1. The van der Waals surface area contributed by atoms with Crippen LogP contribution in [0.2, 0.25) is 0 Å². The number of amides is 1. The molecule has 1 saturated heterocycles. The Kier molecular flexibility index (Phi) is 4.33. The van der Waals surface area contributed by atoms with Crippen molar-refractivity contribution in [3.05, 3.63) is 35.4 Å². The molecule has 4 nitrogen and oxygen atoms in total. The van der Waals surface area contributed by atoms with E-state index in [1.165, 1.54) is 11.1 Å². The van der Waals surface area contributed by atoms with Gasteiger partial charge in [0.1, 0.15) is 0 Å². The molecule has 1 N–H and O–H groups in total. The summed E-state index contributed by atoms with van der Waals surface area (Å²) in [7, 11) is 0. The molecule has 0 aromatic heterocycles. The van der Waals surface area contributed by atoms with E-state index >= 15 is 0 Å². The number of rotatable bonds is 2. The van der Waals surface area contributed by atoms with Gasteiger partial charge in [-0.2, -0.15) is 0 Å². The van der Waals surface area contributed by atoms with E-state index in [4.69, 9.17) is 4.74 Å². The Labute approximate surface area is 120 Å². The van der Waals surface area contributed by atoms with Gasteiger partial charge in [-0.25, -0.2) is 0 Å². The highest BCUT2D eigenvalue weighted by Crippen LogP contribution is 2.19. The number of carbonyl (C=O) groups excluding carboxylic acids is 1. The molecule has 0 spiro atoms. The summed E-state index contributed by atoms with van der Waals surface area (Å²) < 4.78 is 5.63. The van der Waals surface area contributed by atoms with E-state index < -0.39 is 0 Å². The zero-order valence-corrected chi connectivity index (χ0v) is 11.8. The monoisotopic (exact) mass is 274 g/mol. The van der Waals surface area contributed by atoms with Gasteiger partial charge in [0.2, 0.25) is 5.91 Å². The number of hydrogen-bond acceptors (Lipinski definition) is 3. The van der Waals surface area contributed by atoms with Crippen LogP contribution in [-0.2, 0) is 22.5 Å². The number of fused-ring (bicyclic) bond motifs is 1. The summed E-state index contributed by atoms with van der Waals surface area (Å²) >= 11 is 0. The number of hydrogen-bond donors (Lipinski definition) is 1. The van der Waals surface area contributed by atoms with Crippen LogP contribution in [0.4, 0.5) is 0 Å². The maximum absolute atomic E-state index is 12.4. The lowest BCUT2D eigenvalue weighted by Gasteiger charge is -2.27. The van der Waals surface area contributed by atoms with Crippen molar-refractivity contribution in [1.29, 1.82) is 0 Å². The molecule has 1 aromatic carbocycles. The van der Waals surface area contributed by atoms with Crippen LogP contribution in [0.25, 0.3) is 0 Å². The normalized spacial score (nSPS) is 23.0. The number of nitrogens with one attached hydrogen (secondary N) is 1. The van der Waals surface area contributed by atoms with Gasteiger partial charge in [0.15, 0.2) is 0 Å². The quantitative estimate of drug-likeness (QED) is 0.885. The highest BCUT2D eigenvalue weighted by Gasteiger charge is 2.23. The van der Waals surface area contributed by atoms with Gasteiger partial charge in [0.25, 0.3) is 0 Å². The zero-order chi connectivity index (χ0) is 13.8. The highest BCUT2D eigenvalue weighted by molar-refractivity contribution is 5.77. The SMILES string of the molecule is O=C(CC1CNCCO1)N1CCCc2ccccc2C1. The third-order valence-corrected chi connectivity index (χ3v) is 4.11. The van der Waals surface area contributed by atoms with Crippen molar-refractivity contribution >= 4 is 5.91 Å². The second kappa shape index (κ2) is 6.37. The maximum atomic E-state index is 12.4. The van der Waals surface area contributed by atoms with E-state index in [1.807, 2.05) is 4.90 Å². The van der Waals surface area contributed by atoms with E-state index in [-0.39, 0.29) is 12.0 Å². The van der Waals surface area contributed by atoms with Crippen LogP contribution in [0.5, 0.6) is 0 Å². The molecule has 4 heteroatoms. The van der Waals surface area contributed by atoms with Gasteiger partial charge in [-0.1, -0.05) is 24.3 Å². The summed E-state index contributed by atoms with van der Waals surface area (Å²) in [5.74, 6) is 0.218. The van der Waals surface area contributed by atoms with Crippen LogP contribution in [0.1, 0.15) is 24.0 Å². The molecule has 0 aliphatic carbocycles. The second-order valence-electron chi connectivity index (χ2n) is 5.59. The van der Waals surface area contributed by atoms with Crippen molar-refractivity contribution in [2.45, 2.75) is 31.9 Å². The fourth-order valence-electron chi connectivity index (χ4n) is 2.99. The molecule has 0 radical (unpaired) electrons. The third-order valence-electron chi connectivity index (χ3n) is 4.11. The lowest BCUT2D eigenvalue weighted by molar-refractivity contribution is -0.135. The number of benzene rings is 1. The van der Waals surface area contributed by atoms with Crippen LogP contribution < -0.4 is 5.32 Å². The van der Waals surface area contributed by atoms with Crippen LogP contribution in [-0.4, -0.2) is 43.2 Å². The number of morpholine rings is 1. The molecule has 1 amide bonds. The minimum absolute atomic E-state index is 0.0368. The minimum Gasteiger partial charge on any atom is -0.375 e. The summed E-state index contributed by atoms with van der Waals surface area (Å²) in [5, 5.41) is 3.28. The molecule has 1 fully saturated rings. The Bertz CT molecular complexity index is 469. The lowest BCUT2D eigenvalue weighted by atomic mass is 10.0. The third kappa shape index (κ3) is 3.19. The van der Waals surface area contributed by atoms with E-state index in [0.717, 1.165) is 39.0 Å². The number of aryl methyl sites for hydroxylation is 1. The molecule has 2 heterocycles. The van der Waals surface area contributed by atoms with Crippen LogP contribution >= 0.6 is 0 Å². The van der Waals surface area contributed by atoms with Crippen molar-refractivity contribution in [2.24, 2.45) is 0 Å². The average Bonchev–Trinajstić information content (AvgIpc) is 2.70. The Balaban J connectivity index is 1.63. The second-order valence-corrected chi connectivity index (χ2v) is 5.59. The predicted octanol–water partition coefficient (Wildman–Crippen LogP) is 1.34. The molecular weight excluding hydrogens is 252 g/mol. The maximum Gasteiger partial charge on any atom is 0.225 e. The molecule has 108 valence electrons. The summed E-state index contributed by atoms with van der Waals surface area (Å²) in [6.07, 6.45) is 2.65. The minimum atomic E-state index is 0.0368. The predicted molar refractivity (Wildman–Crippen MR) is 77.4 cm³/mol. The fourth-order valence-corrected chi connectivity index (χ4v) is 2.99. The van der Waals surface area contributed by atoms with E-state index in [0.29, 0.717) is 13.0 Å². The van der Waals surface area contributed by atoms with Crippen molar-refractivity contribution < 1.29 is 9.53 Å². The van der Waals surface area contributed by atoms with Gasteiger partial charge >= 0.3 is 0 Å². The molecular formula is C16H22N2O2. The van der Waals surface area contributed by atoms with Crippen molar-refractivity contribution in [3.63, 3.8) is 0 Å². The Morgan fingerprint density at radius 1 is 1.35 bits per heavy atom. The van der Waals surface area contributed by atoms with Gasteiger partial charge in [-0.05, 0) is 24.0 Å². The fraction of sp³-hybridized carbons (Fsp3) is 0.562. The first-order valence-electron chi connectivity index (χ1n) is 7.50. The molecule has 20 heavy (non-hydrogen) atoms. The van der Waals surface area contributed by atoms with Crippen molar-refractivity contribution in [2.75, 3.05) is 26.2 Å². The molecule has 0 saturated carbocycles. The van der Waals surface area contributed by atoms with Gasteiger partial charge in [0.05, 0.1) is 19.1 Å². The summed E-state index contributed by atoms with van der Waals surface area (Å²) in [6, 6.07) is 8.45. The standard InChI is InChI=1S/C16H22N2O2/c19-16(10-15-11-17-7-9-20-15)18-8-3-6-13-4-1-2-5-14(13)12-18/h1-2,4-5,15,17H,3,6-12H2. The van der Waals surface area contributed by atoms with Crippen LogP contribution in [0.15, 0.2) is 24.3 Å². The largest absolute Gasteiger partial charge is 0.375 e. The summed E-state index contributed by atoms with van der Waals surface area (Å²) in [6.45, 7) is 3.99. The van der Waals surface area contributed by atoms with Gasteiger partial charge < -0.3 is 15.0 Å².